The van der Waals surface area contributed by atoms with Gasteiger partial charge in [0.25, 0.3) is 0 Å². The Balaban J connectivity index is 2.00. The van der Waals surface area contributed by atoms with E-state index in [9.17, 15) is 5.11 Å². The maximum Gasteiger partial charge on any atom is 0.142 e. The molecule has 1 unspecified atom stereocenters. The number of aliphatic hydroxyl groups is 1. The number of rotatable bonds is 7. The number of pyridine rings is 1. The van der Waals surface area contributed by atoms with Crippen molar-refractivity contribution in [2.75, 3.05) is 6.61 Å². The number of hydrogen-bond donors (Lipinski definition) is 2. The summed E-state index contributed by atoms with van der Waals surface area (Å²) in [5, 5.41) is 15.9. The highest BCUT2D eigenvalue weighted by atomic mass is 32.1. The van der Waals surface area contributed by atoms with E-state index in [2.05, 4.69) is 22.2 Å². The molecule has 2 aromatic rings. The molecule has 20 heavy (non-hydrogen) atoms. The Bertz CT molecular complexity index is 529. The predicted molar refractivity (Wildman–Crippen MR) is 82.6 cm³/mol. The summed E-state index contributed by atoms with van der Waals surface area (Å²) in [4.78, 5) is 8.89. The number of thiazole rings is 1. The molecule has 2 aromatic heterocycles. The minimum Gasteiger partial charge on any atom is -0.394 e. The van der Waals surface area contributed by atoms with Crippen LogP contribution >= 0.6 is 11.3 Å². The Hall–Kier alpha value is -1.30. The Morgan fingerprint density at radius 3 is 2.90 bits per heavy atom. The van der Waals surface area contributed by atoms with E-state index in [-0.39, 0.29) is 12.1 Å². The molecule has 0 amide bonds. The van der Waals surface area contributed by atoms with Crippen molar-refractivity contribution in [2.24, 2.45) is 0 Å². The summed E-state index contributed by atoms with van der Waals surface area (Å²) < 4.78 is 0. The zero-order chi connectivity index (χ0) is 14.4. The van der Waals surface area contributed by atoms with Crippen molar-refractivity contribution in [3.63, 3.8) is 0 Å². The van der Waals surface area contributed by atoms with Crippen LogP contribution in [0, 0.1) is 0 Å². The normalized spacial score (nSPS) is 14.2. The second-order valence-corrected chi connectivity index (χ2v) is 6.04. The van der Waals surface area contributed by atoms with Crippen molar-refractivity contribution in [1.82, 2.24) is 15.3 Å². The zero-order valence-corrected chi connectivity index (χ0v) is 12.8. The second-order valence-electron chi connectivity index (χ2n) is 5.18. The van der Waals surface area contributed by atoms with Crippen LogP contribution in [0.4, 0.5) is 0 Å². The van der Waals surface area contributed by atoms with Crippen LogP contribution in [-0.4, -0.2) is 27.2 Å². The van der Waals surface area contributed by atoms with Crippen molar-refractivity contribution >= 4 is 11.3 Å². The summed E-state index contributed by atoms with van der Waals surface area (Å²) in [6.45, 7) is 4.97. The van der Waals surface area contributed by atoms with Crippen molar-refractivity contribution in [1.29, 1.82) is 0 Å². The molecule has 0 fully saturated rings. The third-order valence-electron chi connectivity index (χ3n) is 3.28. The number of aromatic nitrogens is 2. The van der Waals surface area contributed by atoms with Gasteiger partial charge in [-0.15, -0.1) is 11.3 Å². The third kappa shape index (κ3) is 3.85. The van der Waals surface area contributed by atoms with Gasteiger partial charge in [-0.3, -0.25) is 4.98 Å². The Kier molecular flexibility index (Phi) is 5.23. The molecule has 1 atom stereocenters. The van der Waals surface area contributed by atoms with Gasteiger partial charge >= 0.3 is 0 Å². The van der Waals surface area contributed by atoms with Crippen LogP contribution < -0.4 is 5.32 Å². The first kappa shape index (κ1) is 15.1. The van der Waals surface area contributed by atoms with Crippen molar-refractivity contribution in [2.45, 2.75) is 38.8 Å². The number of hydrogen-bond acceptors (Lipinski definition) is 5. The monoisotopic (exact) mass is 291 g/mol. The lowest BCUT2D eigenvalue weighted by Crippen LogP contribution is -2.45. The maximum absolute atomic E-state index is 9.49. The van der Waals surface area contributed by atoms with Gasteiger partial charge in [0.1, 0.15) is 5.01 Å². The number of nitrogens with one attached hydrogen (secondary N) is 1. The summed E-state index contributed by atoms with van der Waals surface area (Å²) >= 11 is 1.60. The van der Waals surface area contributed by atoms with E-state index in [0.717, 1.165) is 29.2 Å². The first-order chi connectivity index (χ1) is 9.67. The minimum absolute atomic E-state index is 0.137. The lowest BCUT2D eigenvalue weighted by atomic mass is 9.97. The highest BCUT2D eigenvalue weighted by Crippen LogP contribution is 2.22. The van der Waals surface area contributed by atoms with Crippen molar-refractivity contribution in [3.8, 4) is 10.7 Å². The van der Waals surface area contributed by atoms with E-state index in [1.165, 1.54) is 0 Å². The van der Waals surface area contributed by atoms with E-state index in [0.29, 0.717) is 6.54 Å². The molecule has 0 radical (unpaired) electrons. The van der Waals surface area contributed by atoms with Gasteiger partial charge in [0.2, 0.25) is 0 Å². The molecule has 5 heteroatoms. The second kappa shape index (κ2) is 6.92. The fourth-order valence-electron chi connectivity index (χ4n) is 2.07. The molecular weight excluding hydrogens is 270 g/mol. The highest BCUT2D eigenvalue weighted by Gasteiger charge is 2.21. The van der Waals surface area contributed by atoms with Crippen molar-refractivity contribution < 1.29 is 5.11 Å². The van der Waals surface area contributed by atoms with Crippen LogP contribution in [0.15, 0.2) is 29.8 Å². The minimum atomic E-state index is -0.233. The number of nitrogens with zero attached hydrogens (tertiary/aromatic N) is 2. The first-order valence-corrected chi connectivity index (χ1v) is 7.76. The van der Waals surface area contributed by atoms with Crippen LogP contribution in [0.2, 0.25) is 0 Å². The van der Waals surface area contributed by atoms with E-state index in [4.69, 9.17) is 0 Å². The molecular formula is C15H21N3OS. The first-order valence-electron chi connectivity index (χ1n) is 6.88. The highest BCUT2D eigenvalue weighted by molar-refractivity contribution is 7.13. The zero-order valence-electron chi connectivity index (χ0n) is 12.0. The van der Waals surface area contributed by atoms with Gasteiger partial charge in [0, 0.05) is 23.7 Å². The molecule has 0 aliphatic heterocycles. The fourth-order valence-corrected chi connectivity index (χ4v) is 2.87. The average molecular weight is 291 g/mol. The summed E-state index contributed by atoms with van der Waals surface area (Å²) in [5.41, 5.74) is 1.66. The Labute approximate surface area is 123 Å². The van der Waals surface area contributed by atoms with Gasteiger partial charge in [-0.05, 0) is 25.5 Å². The molecule has 2 heterocycles. The van der Waals surface area contributed by atoms with Crippen LogP contribution in [-0.2, 0) is 6.54 Å². The van der Waals surface area contributed by atoms with E-state index in [1.807, 2.05) is 30.5 Å². The summed E-state index contributed by atoms with van der Waals surface area (Å²) in [5.74, 6) is 0. The summed E-state index contributed by atoms with van der Waals surface area (Å²) in [6.07, 6.45) is 3.76. The van der Waals surface area contributed by atoms with Gasteiger partial charge in [-0.2, -0.15) is 0 Å². The molecule has 4 nitrogen and oxygen atoms in total. The smallest absolute Gasteiger partial charge is 0.142 e. The predicted octanol–water partition coefficient (Wildman–Crippen LogP) is 2.85. The molecule has 2 rings (SSSR count). The molecule has 0 saturated heterocycles. The molecule has 0 aliphatic carbocycles. The van der Waals surface area contributed by atoms with Gasteiger partial charge < -0.3 is 10.4 Å². The fraction of sp³-hybridized carbons (Fsp3) is 0.467. The largest absolute Gasteiger partial charge is 0.394 e. The van der Waals surface area contributed by atoms with Crippen LogP contribution in [0.1, 0.15) is 32.4 Å². The molecule has 2 N–H and O–H groups in total. The van der Waals surface area contributed by atoms with Gasteiger partial charge in [-0.1, -0.05) is 19.4 Å². The van der Waals surface area contributed by atoms with Gasteiger partial charge in [0.15, 0.2) is 0 Å². The van der Waals surface area contributed by atoms with Gasteiger partial charge in [-0.25, -0.2) is 4.98 Å². The lowest BCUT2D eigenvalue weighted by molar-refractivity contribution is 0.163. The Morgan fingerprint density at radius 2 is 2.25 bits per heavy atom. The number of aliphatic hydroxyl groups excluding tert-OH is 1. The molecule has 0 aliphatic rings. The SMILES string of the molecule is CCCC(C)(CO)NCc1csc(-c2ccccn2)n1. The third-order valence-corrected chi connectivity index (χ3v) is 4.20. The average Bonchev–Trinajstić information content (AvgIpc) is 2.95. The molecule has 0 saturated carbocycles. The van der Waals surface area contributed by atoms with Gasteiger partial charge in [0.05, 0.1) is 18.0 Å². The van der Waals surface area contributed by atoms with Crippen LogP contribution in [0.5, 0.6) is 0 Å². The van der Waals surface area contributed by atoms with E-state index < -0.39 is 0 Å². The van der Waals surface area contributed by atoms with Crippen LogP contribution in [0.3, 0.4) is 0 Å². The molecule has 0 spiro atoms. The molecule has 108 valence electrons. The van der Waals surface area contributed by atoms with E-state index >= 15 is 0 Å². The molecule has 0 aromatic carbocycles. The summed E-state index contributed by atoms with van der Waals surface area (Å²) in [7, 11) is 0. The quantitative estimate of drug-likeness (QED) is 0.823. The topological polar surface area (TPSA) is 58.0 Å². The van der Waals surface area contributed by atoms with Crippen LogP contribution in [0.25, 0.3) is 10.7 Å². The molecule has 0 bridgehead atoms. The standard InChI is InChI=1S/C15H21N3OS/c1-3-7-15(2,11-19)17-9-12-10-20-14(18-12)13-6-4-5-8-16-13/h4-6,8,10,17,19H,3,7,9,11H2,1-2H3. The lowest BCUT2D eigenvalue weighted by Gasteiger charge is -2.28. The Morgan fingerprint density at radius 1 is 1.40 bits per heavy atom. The van der Waals surface area contributed by atoms with Crippen molar-refractivity contribution in [3.05, 3.63) is 35.5 Å². The maximum atomic E-state index is 9.49. The van der Waals surface area contributed by atoms with E-state index in [1.54, 1.807) is 17.5 Å². The summed E-state index contributed by atoms with van der Waals surface area (Å²) in [6, 6.07) is 5.83.